The number of nitrogens with two attached hydrogens (primary N) is 1. The average molecular weight is 411 g/mol. The predicted octanol–water partition coefficient (Wildman–Crippen LogP) is 3.68. The molecule has 0 aliphatic carbocycles. The Kier molecular flexibility index (Phi) is 7.73. The van der Waals surface area contributed by atoms with Crippen LogP contribution in [0.2, 0.25) is 0 Å². The molecule has 0 atom stereocenters. The number of phenolic OH excluding ortho intramolecular Hbond substituents is 1. The van der Waals surface area contributed by atoms with Gasteiger partial charge >= 0.3 is 0 Å². The second-order valence-corrected chi connectivity index (χ2v) is 5.03. The van der Waals surface area contributed by atoms with E-state index in [1.807, 2.05) is 43.3 Å². The van der Waals surface area contributed by atoms with Crippen molar-refractivity contribution in [3.05, 3.63) is 59.7 Å². The van der Waals surface area contributed by atoms with Crippen LogP contribution >= 0.6 is 24.0 Å². The standard InChI is InChI=1S/C17H21N3O.HI/c1-13-4-2-6-15(12-13)20-17(18)19-11-3-5-14-7-9-16(21)10-8-14;/h2,4,6-10,12,21H,3,5,11H2,1H3,(H3,18,19,20);1H. The third-order valence-corrected chi connectivity index (χ3v) is 3.13. The molecular weight excluding hydrogens is 389 g/mol. The fraction of sp³-hybridized carbons (Fsp3) is 0.235. The van der Waals surface area contributed by atoms with Crippen LogP contribution in [-0.2, 0) is 6.42 Å². The van der Waals surface area contributed by atoms with E-state index in [-0.39, 0.29) is 24.0 Å². The number of hydrogen-bond donors (Lipinski definition) is 3. The summed E-state index contributed by atoms with van der Waals surface area (Å²) in [6.45, 7) is 2.71. The maximum absolute atomic E-state index is 9.21. The lowest BCUT2D eigenvalue weighted by molar-refractivity contribution is 0.475. The van der Waals surface area contributed by atoms with Crippen molar-refractivity contribution in [2.75, 3.05) is 11.9 Å². The Morgan fingerprint density at radius 3 is 2.59 bits per heavy atom. The van der Waals surface area contributed by atoms with Gasteiger partial charge < -0.3 is 16.2 Å². The van der Waals surface area contributed by atoms with Crippen LogP contribution in [0.4, 0.5) is 5.69 Å². The minimum atomic E-state index is 0. The van der Waals surface area contributed by atoms with Crippen LogP contribution in [-0.4, -0.2) is 17.6 Å². The van der Waals surface area contributed by atoms with Gasteiger partial charge in [-0.1, -0.05) is 24.3 Å². The molecule has 0 fully saturated rings. The summed E-state index contributed by atoms with van der Waals surface area (Å²) in [6.07, 6.45) is 1.84. The molecular formula is C17H22IN3O. The Balaban J connectivity index is 0.00000242. The second-order valence-electron chi connectivity index (χ2n) is 5.03. The second kappa shape index (κ2) is 9.30. The number of benzene rings is 2. The fourth-order valence-electron chi connectivity index (χ4n) is 2.06. The van der Waals surface area contributed by atoms with Gasteiger partial charge in [-0.25, -0.2) is 0 Å². The van der Waals surface area contributed by atoms with Crippen molar-refractivity contribution in [1.29, 1.82) is 0 Å². The summed E-state index contributed by atoms with van der Waals surface area (Å²) in [5.41, 5.74) is 9.18. The molecule has 0 heterocycles. The summed E-state index contributed by atoms with van der Waals surface area (Å²) in [5.74, 6) is 0.731. The first kappa shape index (κ1) is 18.3. The molecule has 0 unspecified atom stereocenters. The Morgan fingerprint density at radius 2 is 1.91 bits per heavy atom. The molecule has 4 nitrogen and oxygen atoms in total. The lowest BCUT2D eigenvalue weighted by Gasteiger charge is -2.06. The van der Waals surface area contributed by atoms with E-state index < -0.39 is 0 Å². The zero-order valence-corrected chi connectivity index (χ0v) is 15.0. The van der Waals surface area contributed by atoms with Crippen LogP contribution in [0.25, 0.3) is 0 Å². The van der Waals surface area contributed by atoms with E-state index in [2.05, 4.69) is 10.3 Å². The third-order valence-electron chi connectivity index (χ3n) is 3.13. The number of rotatable bonds is 5. The van der Waals surface area contributed by atoms with Crippen molar-refractivity contribution < 1.29 is 5.11 Å². The van der Waals surface area contributed by atoms with Gasteiger partial charge in [0.15, 0.2) is 5.96 Å². The predicted molar refractivity (Wildman–Crippen MR) is 103 cm³/mol. The highest BCUT2D eigenvalue weighted by atomic mass is 127. The van der Waals surface area contributed by atoms with Gasteiger partial charge in [-0.05, 0) is 55.2 Å². The van der Waals surface area contributed by atoms with Gasteiger partial charge in [-0.2, -0.15) is 0 Å². The van der Waals surface area contributed by atoms with Gasteiger partial charge in [-0.15, -0.1) is 24.0 Å². The van der Waals surface area contributed by atoms with E-state index in [1.54, 1.807) is 12.1 Å². The largest absolute Gasteiger partial charge is 0.508 e. The Bertz CT molecular complexity index is 612. The van der Waals surface area contributed by atoms with Crippen molar-refractivity contribution in [2.45, 2.75) is 19.8 Å². The molecule has 2 aromatic rings. The van der Waals surface area contributed by atoms with Crippen LogP contribution in [0.5, 0.6) is 5.75 Å². The number of hydrogen-bond acceptors (Lipinski definition) is 2. The number of halogens is 1. The number of nitrogens with one attached hydrogen (secondary N) is 1. The molecule has 0 amide bonds. The van der Waals surface area contributed by atoms with Crippen molar-refractivity contribution in [2.24, 2.45) is 10.7 Å². The smallest absolute Gasteiger partial charge is 0.193 e. The van der Waals surface area contributed by atoms with E-state index in [4.69, 9.17) is 5.73 Å². The quantitative estimate of drug-likeness (QED) is 0.304. The summed E-state index contributed by atoms with van der Waals surface area (Å²) in [4.78, 5) is 4.32. The summed E-state index contributed by atoms with van der Waals surface area (Å²) < 4.78 is 0. The molecule has 22 heavy (non-hydrogen) atoms. The van der Waals surface area contributed by atoms with Gasteiger partial charge in [0.05, 0.1) is 0 Å². The van der Waals surface area contributed by atoms with Crippen LogP contribution < -0.4 is 11.1 Å². The highest BCUT2D eigenvalue weighted by molar-refractivity contribution is 14.0. The Morgan fingerprint density at radius 1 is 1.18 bits per heavy atom. The summed E-state index contributed by atoms with van der Waals surface area (Å²) in [5, 5.41) is 12.3. The number of anilines is 1. The van der Waals surface area contributed by atoms with Crippen LogP contribution in [0, 0.1) is 6.92 Å². The summed E-state index contributed by atoms with van der Waals surface area (Å²) >= 11 is 0. The Hall–Kier alpha value is -1.76. The molecule has 0 aliphatic rings. The molecule has 2 aromatic carbocycles. The topological polar surface area (TPSA) is 70.6 Å². The third kappa shape index (κ3) is 6.34. The number of aryl methyl sites for hydroxylation is 2. The Labute approximate surface area is 148 Å². The molecule has 0 saturated carbocycles. The molecule has 0 saturated heterocycles. The molecule has 0 aromatic heterocycles. The fourth-order valence-corrected chi connectivity index (χ4v) is 2.06. The molecule has 4 N–H and O–H groups in total. The lowest BCUT2D eigenvalue weighted by Crippen LogP contribution is -2.22. The van der Waals surface area contributed by atoms with E-state index in [9.17, 15) is 5.11 Å². The highest BCUT2D eigenvalue weighted by Crippen LogP contribution is 2.11. The molecule has 0 aliphatic heterocycles. The van der Waals surface area contributed by atoms with Crippen LogP contribution in [0.1, 0.15) is 17.5 Å². The number of aliphatic imine (C=N–C) groups is 1. The SMILES string of the molecule is Cc1cccc(NC(N)=NCCCc2ccc(O)cc2)c1.I. The summed E-state index contributed by atoms with van der Waals surface area (Å²) in [6, 6.07) is 15.3. The average Bonchev–Trinajstić information content (AvgIpc) is 2.45. The zero-order valence-electron chi connectivity index (χ0n) is 12.6. The normalized spacial score (nSPS) is 10.9. The van der Waals surface area contributed by atoms with E-state index in [0.717, 1.165) is 18.5 Å². The minimum absolute atomic E-state index is 0. The van der Waals surface area contributed by atoms with Gasteiger partial charge in [0.25, 0.3) is 0 Å². The first-order valence-electron chi connectivity index (χ1n) is 7.05. The molecule has 0 spiro atoms. The van der Waals surface area contributed by atoms with Gasteiger partial charge in [0.2, 0.25) is 0 Å². The van der Waals surface area contributed by atoms with Crippen molar-refractivity contribution in [3.63, 3.8) is 0 Å². The molecule has 5 heteroatoms. The van der Waals surface area contributed by atoms with Gasteiger partial charge in [0, 0.05) is 12.2 Å². The number of aromatic hydroxyl groups is 1. The zero-order chi connectivity index (χ0) is 15.1. The van der Waals surface area contributed by atoms with Crippen LogP contribution in [0.15, 0.2) is 53.5 Å². The van der Waals surface area contributed by atoms with E-state index in [1.165, 1.54) is 11.1 Å². The molecule has 2 rings (SSSR count). The van der Waals surface area contributed by atoms with Crippen molar-refractivity contribution >= 4 is 35.6 Å². The summed E-state index contributed by atoms with van der Waals surface area (Å²) in [7, 11) is 0. The molecule has 0 bridgehead atoms. The maximum Gasteiger partial charge on any atom is 0.193 e. The van der Waals surface area contributed by atoms with Crippen LogP contribution in [0.3, 0.4) is 0 Å². The van der Waals surface area contributed by atoms with Gasteiger partial charge in [0.1, 0.15) is 5.75 Å². The van der Waals surface area contributed by atoms with Gasteiger partial charge in [-0.3, -0.25) is 4.99 Å². The molecule has 0 radical (unpaired) electrons. The van der Waals surface area contributed by atoms with E-state index in [0.29, 0.717) is 18.3 Å². The number of phenols is 1. The highest BCUT2D eigenvalue weighted by Gasteiger charge is 1.96. The number of guanidine groups is 1. The number of nitrogens with zero attached hydrogens (tertiary/aromatic N) is 1. The molecule has 118 valence electrons. The monoisotopic (exact) mass is 411 g/mol. The first-order chi connectivity index (χ1) is 10.1. The lowest BCUT2D eigenvalue weighted by atomic mass is 10.1. The maximum atomic E-state index is 9.21. The van der Waals surface area contributed by atoms with Crippen molar-refractivity contribution in [3.8, 4) is 5.75 Å². The van der Waals surface area contributed by atoms with Crippen molar-refractivity contribution in [1.82, 2.24) is 0 Å². The van der Waals surface area contributed by atoms with E-state index >= 15 is 0 Å². The minimum Gasteiger partial charge on any atom is -0.508 e. The first-order valence-corrected chi connectivity index (χ1v) is 7.05.